The fourth-order valence-electron chi connectivity index (χ4n) is 1.65. The van der Waals surface area contributed by atoms with Crippen LogP contribution in [0.25, 0.3) is 0 Å². The van der Waals surface area contributed by atoms with Crippen LogP contribution in [-0.4, -0.2) is 37.0 Å². The molecule has 2 fully saturated rings. The van der Waals surface area contributed by atoms with Gasteiger partial charge in [-0.05, 0) is 13.3 Å². The molecule has 0 amide bonds. The third-order valence-corrected chi connectivity index (χ3v) is 2.39. The molecule has 0 aromatic heterocycles. The summed E-state index contributed by atoms with van der Waals surface area (Å²) < 4.78 is 16.0. The van der Waals surface area contributed by atoms with Crippen molar-refractivity contribution in [2.24, 2.45) is 0 Å². The highest BCUT2D eigenvalue weighted by atomic mass is 16.7. The quantitative estimate of drug-likeness (QED) is 0.602. The fraction of sp³-hybridized carbons (Fsp3) is 0.889. The molecule has 0 saturated carbocycles. The Morgan fingerprint density at radius 2 is 2.15 bits per heavy atom. The van der Waals surface area contributed by atoms with E-state index in [1.807, 2.05) is 13.8 Å². The van der Waals surface area contributed by atoms with Crippen LogP contribution >= 0.6 is 0 Å². The van der Waals surface area contributed by atoms with Gasteiger partial charge in [-0.3, -0.25) is 4.79 Å². The molecule has 4 heteroatoms. The van der Waals surface area contributed by atoms with Gasteiger partial charge in [0.1, 0.15) is 12.2 Å². The summed E-state index contributed by atoms with van der Waals surface area (Å²) in [5.74, 6) is 0.0726. The second-order valence-electron chi connectivity index (χ2n) is 3.28. The highest BCUT2D eigenvalue weighted by molar-refractivity contribution is 5.90. The maximum atomic E-state index is 11.4. The summed E-state index contributed by atoms with van der Waals surface area (Å²) in [6.07, 6.45) is -0.377. The number of hydrogen-bond acceptors (Lipinski definition) is 4. The Morgan fingerprint density at radius 3 is 2.77 bits per heavy atom. The van der Waals surface area contributed by atoms with E-state index >= 15 is 0 Å². The van der Waals surface area contributed by atoms with Crippen molar-refractivity contribution in [1.82, 2.24) is 0 Å². The Labute approximate surface area is 77.1 Å². The molecule has 0 radical (unpaired) electrons. The zero-order chi connectivity index (χ0) is 9.42. The molecule has 4 unspecified atom stereocenters. The standard InChI is InChI=1S/C9H14O4/c1-3-5-6(10)7-8(13-7)9(12-5)11-4-2/h5,7-9H,3-4H2,1-2H3. The van der Waals surface area contributed by atoms with Crippen LogP contribution in [0.5, 0.6) is 0 Å². The lowest BCUT2D eigenvalue weighted by Crippen LogP contribution is -2.42. The topological polar surface area (TPSA) is 48.1 Å². The van der Waals surface area contributed by atoms with E-state index in [0.717, 1.165) is 0 Å². The molecule has 4 nitrogen and oxygen atoms in total. The average molecular weight is 186 g/mol. The van der Waals surface area contributed by atoms with Gasteiger partial charge in [0, 0.05) is 6.61 Å². The number of carbonyl (C=O) groups excluding carboxylic acids is 1. The SMILES string of the molecule is CCOC1OC(CC)C(=O)C2OC12. The number of fused-ring (bicyclic) bond motifs is 1. The Kier molecular flexibility index (Phi) is 2.36. The molecule has 0 bridgehead atoms. The molecule has 13 heavy (non-hydrogen) atoms. The second-order valence-corrected chi connectivity index (χ2v) is 3.28. The number of carbonyl (C=O) groups is 1. The van der Waals surface area contributed by atoms with Crippen molar-refractivity contribution in [3.63, 3.8) is 0 Å². The molecule has 2 aliphatic heterocycles. The summed E-state index contributed by atoms with van der Waals surface area (Å²) in [5.41, 5.74) is 0. The average Bonchev–Trinajstić information content (AvgIpc) is 2.90. The summed E-state index contributed by atoms with van der Waals surface area (Å²) in [4.78, 5) is 11.4. The number of epoxide rings is 1. The van der Waals surface area contributed by atoms with Crippen LogP contribution in [0.15, 0.2) is 0 Å². The molecule has 0 aromatic carbocycles. The van der Waals surface area contributed by atoms with Crippen molar-refractivity contribution in [2.75, 3.05) is 6.61 Å². The molecule has 2 saturated heterocycles. The van der Waals surface area contributed by atoms with Crippen LogP contribution in [0.1, 0.15) is 20.3 Å². The number of Topliss-reactive ketones (excluding diaryl/α,β-unsaturated/α-hetero) is 1. The Balaban J connectivity index is 1.99. The normalized spacial score (nSPS) is 43.1. The number of ketones is 1. The van der Waals surface area contributed by atoms with Gasteiger partial charge in [-0.2, -0.15) is 0 Å². The molecule has 2 rings (SSSR count). The summed E-state index contributed by atoms with van der Waals surface area (Å²) in [6.45, 7) is 4.41. The van der Waals surface area contributed by atoms with Gasteiger partial charge in [0.2, 0.25) is 0 Å². The van der Waals surface area contributed by atoms with Gasteiger partial charge in [0.25, 0.3) is 0 Å². The van der Waals surface area contributed by atoms with Crippen molar-refractivity contribution in [1.29, 1.82) is 0 Å². The molecular formula is C9H14O4. The first-order chi connectivity index (χ1) is 6.27. The first-order valence-electron chi connectivity index (χ1n) is 4.74. The Morgan fingerprint density at radius 1 is 1.38 bits per heavy atom. The predicted molar refractivity (Wildman–Crippen MR) is 44.2 cm³/mol. The molecule has 4 atom stereocenters. The fourth-order valence-corrected chi connectivity index (χ4v) is 1.65. The van der Waals surface area contributed by atoms with Crippen LogP contribution < -0.4 is 0 Å². The van der Waals surface area contributed by atoms with Gasteiger partial charge in [-0.15, -0.1) is 0 Å². The summed E-state index contributed by atoms with van der Waals surface area (Å²) >= 11 is 0. The van der Waals surface area contributed by atoms with Gasteiger partial charge in [-0.1, -0.05) is 6.92 Å². The predicted octanol–water partition coefficient (Wildman–Crippen LogP) is 0.494. The molecule has 0 aliphatic carbocycles. The van der Waals surface area contributed by atoms with Crippen LogP contribution in [0.2, 0.25) is 0 Å². The number of hydrogen-bond donors (Lipinski definition) is 0. The minimum absolute atomic E-state index is 0.0726. The van der Waals surface area contributed by atoms with E-state index in [9.17, 15) is 4.79 Å². The highest BCUT2D eigenvalue weighted by Gasteiger charge is 2.57. The lowest BCUT2D eigenvalue weighted by atomic mass is 10.0. The van der Waals surface area contributed by atoms with Crippen LogP contribution in [0.3, 0.4) is 0 Å². The van der Waals surface area contributed by atoms with E-state index in [-0.39, 0.29) is 30.4 Å². The summed E-state index contributed by atoms with van der Waals surface area (Å²) in [5, 5.41) is 0. The second kappa shape index (κ2) is 3.36. The van der Waals surface area contributed by atoms with Gasteiger partial charge in [-0.25, -0.2) is 0 Å². The van der Waals surface area contributed by atoms with E-state index in [1.165, 1.54) is 0 Å². The zero-order valence-corrected chi connectivity index (χ0v) is 7.86. The number of rotatable bonds is 3. The van der Waals surface area contributed by atoms with Gasteiger partial charge in [0.05, 0.1) is 0 Å². The minimum Gasteiger partial charge on any atom is -0.356 e. The summed E-state index contributed by atoms with van der Waals surface area (Å²) in [6, 6.07) is 0. The first-order valence-corrected chi connectivity index (χ1v) is 4.74. The molecule has 74 valence electrons. The summed E-state index contributed by atoms with van der Waals surface area (Å²) in [7, 11) is 0. The van der Waals surface area contributed by atoms with E-state index in [0.29, 0.717) is 13.0 Å². The first kappa shape index (κ1) is 9.12. The highest BCUT2D eigenvalue weighted by Crippen LogP contribution is 2.35. The molecule has 0 aromatic rings. The third kappa shape index (κ3) is 1.49. The van der Waals surface area contributed by atoms with Crippen LogP contribution in [-0.2, 0) is 19.0 Å². The van der Waals surface area contributed by atoms with Crippen molar-refractivity contribution in [2.45, 2.75) is 44.9 Å². The lowest BCUT2D eigenvalue weighted by molar-refractivity contribution is -0.189. The molecule has 0 N–H and O–H groups in total. The van der Waals surface area contributed by atoms with Gasteiger partial charge in [0.15, 0.2) is 18.2 Å². The van der Waals surface area contributed by atoms with Crippen molar-refractivity contribution in [3.8, 4) is 0 Å². The van der Waals surface area contributed by atoms with Gasteiger partial charge >= 0.3 is 0 Å². The van der Waals surface area contributed by atoms with E-state index in [2.05, 4.69) is 0 Å². The lowest BCUT2D eigenvalue weighted by Gasteiger charge is -2.24. The monoisotopic (exact) mass is 186 g/mol. The smallest absolute Gasteiger partial charge is 0.193 e. The largest absolute Gasteiger partial charge is 0.356 e. The van der Waals surface area contributed by atoms with Gasteiger partial charge < -0.3 is 14.2 Å². The van der Waals surface area contributed by atoms with Crippen molar-refractivity contribution < 1.29 is 19.0 Å². The minimum atomic E-state index is -0.336. The van der Waals surface area contributed by atoms with E-state index in [4.69, 9.17) is 14.2 Å². The van der Waals surface area contributed by atoms with Crippen LogP contribution in [0, 0.1) is 0 Å². The maximum Gasteiger partial charge on any atom is 0.193 e. The molecule has 2 aliphatic rings. The number of ether oxygens (including phenoxy) is 3. The van der Waals surface area contributed by atoms with E-state index < -0.39 is 0 Å². The van der Waals surface area contributed by atoms with Crippen molar-refractivity contribution >= 4 is 5.78 Å². The molecular weight excluding hydrogens is 172 g/mol. The van der Waals surface area contributed by atoms with E-state index in [1.54, 1.807) is 0 Å². The Hall–Kier alpha value is -0.450. The third-order valence-electron chi connectivity index (χ3n) is 2.39. The molecule has 0 spiro atoms. The Bertz CT molecular complexity index is 216. The van der Waals surface area contributed by atoms with Crippen molar-refractivity contribution in [3.05, 3.63) is 0 Å². The zero-order valence-electron chi connectivity index (χ0n) is 7.86. The van der Waals surface area contributed by atoms with Crippen LogP contribution in [0.4, 0.5) is 0 Å². The maximum absolute atomic E-state index is 11.4. The molecule has 2 heterocycles.